The van der Waals surface area contributed by atoms with Gasteiger partial charge in [-0.1, -0.05) is 12.5 Å². The number of aliphatic hydroxyl groups is 1. The Balaban J connectivity index is 1.13. The van der Waals surface area contributed by atoms with Crippen molar-refractivity contribution in [3.8, 4) is 0 Å². The molecule has 3 fully saturated rings. The smallest absolute Gasteiger partial charge is 0.390 e. The fraction of sp³-hybridized carbons (Fsp3) is 0.679. The van der Waals surface area contributed by atoms with Crippen molar-refractivity contribution in [2.75, 3.05) is 12.4 Å². The summed E-state index contributed by atoms with van der Waals surface area (Å²) in [6, 6.07) is 0.0616. The van der Waals surface area contributed by atoms with Crippen LogP contribution in [-0.2, 0) is 47.6 Å². The number of nitrogens with zero attached hydrogens (tertiary/aromatic N) is 1. The molecule has 10 N–H and O–H groups in total. The first-order valence-electron chi connectivity index (χ1n) is 17.1. The number of ether oxygens (including phenoxy) is 1. The van der Waals surface area contributed by atoms with Crippen LogP contribution in [0.15, 0.2) is 28.1 Å². The van der Waals surface area contributed by atoms with Crippen molar-refractivity contribution in [1.29, 1.82) is 0 Å². The number of phosphoric ester groups is 1. The second kappa shape index (κ2) is 19.6. The summed E-state index contributed by atoms with van der Waals surface area (Å²) >= 11 is 1.84. The van der Waals surface area contributed by atoms with E-state index in [1.807, 2.05) is 18.7 Å². The van der Waals surface area contributed by atoms with Gasteiger partial charge in [-0.05, 0) is 39.0 Å². The van der Waals surface area contributed by atoms with E-state index < -0.39 is 59.8 Å². The molecule has 3 saturated heterocycles. The van der Waals surface area contributed by atoms with Crippen molar-refractivity contribution in [3.63, 3.8) is 0 Å². The summed E-state index contributed by atoms with van der Waals surface area (Å²) in [5.74, 6) is 0.530. The molecule has 55 heavy (non-hydrogen) atoms. The fourth-order valence-corrected chi connectivity index (χ4v) is 10.6. The van der Waals surface area contributed by atoms with Crippen molar-refractivity contribution in [1.82, 2.24) is 30.8 Å². The molecule has 27 heteroatoms. The molecule has 3 aliphatic heterocycles. The molecule has 9 atom stereocenters. The number of carbonyl (C=O) groups is 3. The first-order chi connectivity index (χ1) is 25.7. The topological polar surface area (TPSA) is 343 Å². The van der Waals surface area contributed by atoms with E-state index >= 15 is 0 Å². The number of nitrogens with one attached hydrogen (secondary N) is 5. The van der Waals surface area contributed by atoms with Crippen LogP contribution in [-0.4, -0.2) is 100 Å². The first-order valence-corrected chi connectivity index (χ1v) is 22.7. The molecule has 1 aromatic heterocycles. The lowest BCUT2D eigenvalue weighted by Gasteiger charge is -2.19. The lowest BCUT2D eigenvalue weighted by atomic mass is 10.0. The number of H-pyrrole nitrogens is 1. The molecule has 23 nitrogen and oxygen atoms in total. The molecule has 4 rings (SSSR count). The minimum absolute atomic E-state index is 0.0436. The summed E-state index contributed by atoms with van der Waals surface area (Å²) in [6.45, 7) is 0.908. The number of aromatic amines is 1. The van der Waals surface area contributed by atoms with E-state index in [0.29, 0.717) is 24.5 Å². The van der Waals surface area contributed by atoms with Crippen LogP contribution in [0.2, 0.25) is 0 Å². The quantitative estimate of drug-likeness (QED) is 0.0445. The third-order valence-corrected chi connectivity index (χ3v) is 13.9. The highest BCUT2D eigenvalue weighted by Crippen LogP contribution is 2.66. The van der Waals surface area contributed by atoms with Crippen molar-refractivity contribution in [2.24, 2.45) is 0 Å². The second-order valence-electron chi connectivity index (χ2n) is 13.0. The van der Waals surface area contributed by atoms with Crippen LogP contribution in [0, 0.1) is 0 Å². The van der Waals surface area contributed by atoms with Crippen LogP contribution in [0.3, 0.4) is 0 Å². The van der Waals surface area contributed by atoms with Crippen LogP contribution >= 0.6 is 35.2 Å². The van der Waals surface area contributed by atoms with Gasteiger partial charge in [-0.2, -0.15) is 20.4 Å². The Hall–Kier alpha value is -2.69. The highest BCUT2D eigenvalue weighted by Gasteiger charge is 2.44. The minimum Gasteiger partial charge on any atom is -0.390 e. The molecule has 3 unspecified atom stereocenters. The molecule has 310 valence electrons. The third-order valence-electron chi connectivity index (χ3n) is 8.60. The second-order valence-corrected chi connectivity index (χ2v) is 18.7. The zero-order chi connectivity index (χ0) is 40.6. The van der Waals surface area contributed by atoms with E-state index in [4.69, 9.17) is 14.5 Å². The highest BCUT2D eigenvalue weighted by molar-refractivity contribution is 8.00. The summed E-state index contributed by atoms with van der Waals surface area (Å²) < 4.78 is 52.5. The van der Waals surface area contributed by atoms with Gasteiger partial charge in [0, 0.05) is 54.3 Å². The molecule has 0 spiro atoms. The molecule has 0 radical (unpaired) electrons. The number of phosphoric acid groups is 3. The van der Waals surface area contributed by atoms with Gasteiger partial charge in [-0.3, -0.25) is 28.5 Å². The average Bonchev–Trinajstić information content (AvgIpc) is 3.73. The van der Waals surface area contributed by atoms with E-state index in [9.17, 15) is 52.6 Å². The van der Waals surface area contributed by atoms with Crippen molar-refractivity contribution < 1.29 is 70.6 Å². The molecule has 1 aromatic rings. The number of hydrogen-bond donors (Lipinski definition) is 10. The fourth-order valence-electron chi connectivity index (χ4n) is 6.07. The normalized spacial score (nSPS) is 26.5. The van der Waals surface area contributed by atoms with Crippen LogP contribution < -0.4 is 32.5 Å². The van der Waals surface area contributed by atoms with Crippen LogP contribution in [0.25, 0.3) is 0 Å². The van der Waals surface area contributed by atoms with Gasteiger partial charge in [-0.25, -0.2) is 23.3 Å². The van der Waals surface area contributed by atoms with Gasteiger partial charge in [0.05, 0.1) is 24.8 Å². The van der Waals surface area contributed by atoms with Crippen molar-refractivity contribution in [3.05, 3.63) is 44.9 Å². The van der Waals surface area contributed by atoms with Gasteiger partial charge in [0.25, 0.3) is 5.56 Å². The van der Waals surface area contributed by atoms with Crippen molar-refractivity contribution >= 4 is 53.1 Å². The Bertz CT molecular complexity index is 1840. The summed E-state index contributed by atoms with van der Waals surface area (Å²) in [5, 5.41) is 22.1. The number of aliphatic hydroxyl groups excluding tert-OH is 1. The average molecular weight is 863 g/mol. The first kappa shape index (κ1) is 45.0. The molecule has 4 amide bonds. The SMILES string of the molecule is CC(CCCC(=O)NC=CCc1cn([C@H]2C[C@H](O)[C@@H](COP(=O)(O)OP(=O)(O)OP(=O)(O)O)O2)c(=O)[nH]c1=O)NC(=O)CCCC[C@@H]1SC[C@@H]2NC(=O)N[C@@H]21. The van der Waals surface area contributed by atoms with Crippen molar-refractivity contribution in [2.45, 2.75) is 107 Å². The highest BCUT2D eigenvalue weighted by atomic mass is 32.2. The Morgan fingerprint density at radius 3 is 2.51 bits per heavy atom. The number of aromatic nitrogens is 2. The van der Waals surface area contributed by atoms with Crippen LogP contribution in [0.5, 0.6) is 0 Å². The molecule has 3 aliphatic rings. The number of hydrogen-bond acceptors (Lipinski definition) is 14. The van der Waals surface area contributed by atoms with Crippen LogP contribution in [0.1, 0.15) is 70.1 Å². The third kappa shape index (κ3) is 14.6. The lowest BCUT2D eigenvalue weighted by molar-refractivity contribution is -0.121. The predicted octanol–water partition coefficient (Wildman–Crippen LogP) is 0.102. The molecule has 0 saturated carbocycles. The molecular weight excluding hydrogens is 817 g/mol. The number of urea groups is 1. The Kier molecular flexibility index (Phi) is 16.1. The summed E-state index contributed by atoms with van der Waals surface area (Å²) in [4.78, 5) is 99.4. The minimum atomic E-state index is -5.76. The van der Waals surface area contributed by atoms with Gasteiger partial charge in [0.1, 0.15) is 12.3 Å². The maximum Gasteiger partial charge on any atom is 0.490 e. The molecule has 0 aromatic carbocycles. The number of carbonyl (C=O) groups excluding carboxylic acids is 3. The standard InChI is InChI=1S/C28H45N6O17P3S/c1-16(30-23(37)9-3-2-8-21-25-18(15-55-21)31-27(39)32-25)6-4-10-22(36)29-11-5-7-17-13-34(28(40)33-26(17)38)24-12-19(35)20(49-24)14-48-53(44,45)51-54(46,47)50-52(41,42)43/h5,11,13,16,18-21,24-25,35H,2-4,6-10,12,14-15H2,1H3,(H,29,36)(H,30,37)(H,44,45)(H,46,47)(H2,31,32,39)(H,33,38,40)(H2,41,42,43)/t16?,18-,19-,20+,21-,24+,25-/m0/s1. The summed E-state index contributed by atoms with van der Waals surface area (Å²) in [5.41, 5.74) is -1.59. The van der Waals surface area contributed by atoms with E-state index in [0.717, 1.165) is 35.8 Å². The van der Waals surface area contributed by atoms with Gasteiger partial charge in [0.2, 0.25) is 11.8 Å². The zero-order valence-electron chi connectivity index (χ0n) is 29.4. The maximum absolute atomic E-state index is 12.5. The predicted molar refractivity (Wildman–Crippen MR) is 192 cm³/mol. The number of fused-ring (bicyclic) bond motifs is 1. The molecule has 0 aliphatic carbocycles. The van der Waals surface area contributed by atoms with Gasteiger partial charge >= 0.3 is 35.2 Å². The Morgan fingerprint density at radius 2 is 1.78 bits per heavy atom. The number of rotatable bonds is 21. The number of unbranched alkanes of at least 4 members (excludes halogenated alkanes) is 1. The summed E-state index contributed by atoms with van der Waals surface area (Å²) in [7, 11) is -16.9. The van der Waals surface area contributed by atoms with E-state index in [1.165, 1.54) is 12.3 Å². The number of allylic oxidation sites excluding steroid dienone is 1. The molecule has 4 heterocycles. The van der Waals surface area contributed by atoms with E-state index in [2.05, 4.69) is 39.4 Å². The Morgan fingerprint density at radius 1 is 1.05 bits per heavy atom. The maximum atomic E-state index is 12.5. The van der Waals surface area contributed by atoms with Gasteiger partial charge in [-0.15, -0.1) is 0 Å². The molecular formula is C28H45N6O17P3S. The largest absolute Gasteiger partial charge is 0.490 e. The zero-order valence-corrected chi connectivity index (χ0v) is 32.9. The number of amides is 4. The van der Waals surface area contributed by atoms with Gasteiger partial charge in [0.15, 0.2) is 0 Å². The monoisotopic (exact) mass is 862 g/mol. The van der Waals surface area contributed by atoms with Gasteiger partial charge < -0.3 is 50.7 Å². The lowest BCUT2D eigenvalue weighted by Crippen LogP contribution is -2.36. The van der Waals surface area contributed by atoms with E-state index in [1.54, 1.807) is 0 Å². The Labute approximate surface area is 317 Å². The van der Waals surface area contributed by atoms with Crippen LogP contribution in [0.4, 0.5) is 4.79 Å². The van der Waals surface area contributed by atoms with E-state index in [-0.39, 0.29) is 60.8 Å². The number of thioether (sulfide) groups is 1. The molecule has 0 bridgehead atoms. The summed E-state index contributed by atoms with van der Waals surface area (Å²) in [6.07, 6.45) is 3.77.